The third-order valence-corrected chi connectivity index (χ3v) is 5.65. The summed E-state index contributed by atoms with van der Waals surface area (Å²) in [5.74, 6) is -0.114. The standard InChI is InChI=1S/C23H30BNO3/c1-21(2,3)19-14-9-8-13-18(19)20(26)25-17-12-10-11-16(15-17)24-27-22(4,5)23(6,7)28-24/h8-15H,1-7H3,(H,25,26). The number of hydrogen-bond acceptors (Lipinski definition) is 3. The predicted molar refractivity (Wildman–Crippen MR) is 115 cm³/mol. The molecule has 1 saturated heterocycles. The Hall–Kier alpha value is -2.11. The van der Waals surface area contributed by atoms with E-state index in [0.717, 1.165) is 16.7 Å². The zero-order chi connectivity index (χ0) is 20.7. The fraction of sp³-hybridized carbons (Fsp3) is 0.435. The predicted octanol–water partition coefficient (Wildman–Crippen LogP) is 4.54. The number of carbonyl (C=O) groups is 1. The molecule has 1 amide bonds. The van der Waals surface area contributed by atoms with Crippen LogP contribution in [0.2, 0.25) is 0 Å². The van der Waals surface area contributed by atoms with Gasteiger partial charge in [0.2, 0.25) is 0 Å². The number of nitrogens with one attached hydrogen (secondary N) is 1. The molecule has 0 unspecified atom stereocenters. The van der Waals surface area contributed by atoms with Crippen LogP contribution in [-0.2, 0) is 14.7 Å². The first kappa shape index (κ1) is 20.6. The Kier molecular flexibility index (Phi) is 5.19. The Labute approximate surface area is 168 Å². The lowest BCUT2D eigenvalue weighted by Crippen LogP contribution is -2.41. The Morgan fingerprint density at radius 2 is 1.54 bits per heavy atom. The first-order valence-electron chi connectivity index (χ1n) is 9.77. The lowest BCUT2D eigenvalue weighted by molar-refractivity contribution is 0.00578. The van der Waals surface area contributed by atoms with Gasteiger partial charge in [0.1, 0.15) is 0 Å². The quantitative estimate of drug-likeness (QED) is 0.797. The molecule has 1 aliphatic heterocycles. The summed E-state index contributed by atoms with van der Waals surface area (Å²) < 4.78 is 12.2. The highest BCUT2D eigenvalue weighted by atomic mass is 16.7. The maximum absolute atomic E-state index is 12.9. The highest BCUT2D eigenvalue weighted by Gasteiger charge is 2.51. The zero-order valence-corrected chi connectivity index (χ0v) is 17.9. The molecule has 0 radical (unpaired) electrons. The summed E-state index contributed by atoms with van der Waals surface area (Å²) in [6.07, 6.45) is 0. The van der Waals surface area contributed by atoms with Crippen molar-refractivity contribution in [3.05, 3.63) is 59.7 Å². The minimum absolute atomic E-state index is 0.113. The van der Waals surface area contributed by atoms with Crippen molar-refractivity contribution in [2.75, 3.05) is 5.32 Å². The molecule has 2 aromatic rings. The Morgan fingerprint density at radius 1 is 0.929 bits per heavy atom. The number of rotatable bonds is 3. The van der Waals surface area contributed by atoms with E-state index in [2.05, 4.69) is 26.1 Å². The average molecular weight is 379 g/mol. The molecule has 1 fully saturated rings. The van der Waals surface area contributed by atoms with Crippen LogP contribution in [0.4, 0.5) is 5.69 Å². The monoisotopic (exact) mass is 379 g/mol. The first-order valence-corrected chi connectivity index (χ1v) is 9.77. The van der Waals surface area contributed by atoms with Gasteiger partial charge >= 0.3 is 7.12 Å². The van der Waals surface area contributed by atoms with Crippen LogP contribution in [0.5, 0.6) is 0 Å². The SMILES string of the molecule is CC(C)(C)c1ccccc1C(=O)Nc1cccc(B2OC(C)(C)C(C)(C)O2)c1. The highest BCUT2D eigenvalue weighted by Crippen LogP contribution is 2.36. The van der Waals surface area contributed by atoms with E-state index in [0.29, 0.717) is 5.56 Å². The van der Waals surface area contributed by atoms with Gasteiger partial charge in [-0.2, -0.15) is 0 Å². The van der Waals surface area contributed by atoms with E-state index < -0.39 is 18.3 Å². The van der Waals surface area contributed by atoms with Crippen molar-refractivity contribution in [3.8, 4) is 0 Å². The normalized spacial score (nSPS) is 18.2. The molecular formula is C23H30BNO3. The highest BCUT2D eigenvalue weighted by molar-refractivity contribution is 6.62. The minimum Gasteiger partial charge on any atom is -0.399 e. The topological polar surface area (TPSA) is 47.6 Å². The molecular weight excluding hydrogens is 349 g/mol. The van der Waals surface area contributed by atoms with E-state index in [4.69, 9.17) is 9.31 Å². The summed E-state index contributed by atoms with van der Waals surface area (Å²) in [5, 5.41) is 3.03. The van der Waals surface area contributed by atoms with Crippen LogP contribution < -0.4 is 10.8 Å². The summed E-state index contributed by atoms with van der Waals surface area (Å²) in [4.78, 5) is 12.9. The van der Waals surface area contributed by atoms with Crippen LogP contribution in [0, 0.1) is 0 Å². The molecule has 0 bridgehead atoms. The van der Waals surface area contributed by atoms with Gasteiger partial charge in [0.15, 0.2) is 0 Å². The molecule has 3 rings (SSSR count). The molecule has 0 saturated carbocycles. The van der Waals surface area contributed by atoms with Crippen LogP contribution in [-0.4, -0.2) is 24.2 Å². The number of carbonyl (C=O) groups excluding carboxylic acids is 1. The molecule has 148 valence electrons. The molecule has 0 atom stereocenters. The van der Waals surface area contributed by atoms with Gasteiger partial charge in [0.05, 0.1) is 11.2 Å². The van der Waals surface area contributed by atoms with Gasteiger partial charge in [-0.15, -0.1) is 0 Å². The summed E-state index contributed by atoms with van der Waals surface area (Å²) in [7, 11) is -0.455. The molecule has 0 spiro atoms. The third kappa shape index (κ3) is 4.01. The summed E-state index contributed by atoms with van der Waals surface area (Å²) in [6.45, 7) is 14.4. The lowest BCUT2D eigenvalue weighted by Gasteiger charge is -2.32. The largest absolute Gasteiger partial charge is 0.494 e. The van der Waals surface area contributed by atoms with Crippen molar-refractivity contribution in [2.24, 2.45) is 0 Å². The molecule has 5 heteroatoms. The third-order valence-electron chi connectivity index (χ3n) is 5.65. The van der Waals surface area contributed by atoms with Crippen LogP contribution in [0.25, 0.3) is 0 Å². The van der Waals surface area contributed by atoms with E-state index in [9.17, 15) is 4.79 Å². The summed E-state index contributed by atoms with van der Waals surface area (Å²) >= 11 is 0. The first-order chi connectivity index (χ1) is 12.9. The van der Waals surface area contributed by atoms with Gasteiger partial charge in [-0.05, 0) is 62.3 Å². The van der Waals surface area contributed by atoms with Crippen LogP contribution in [0.1, 0.15) is 64.4 Å². The second-order valence-corrected chi connectivity index (χ2v) is 9.46. The number of benzene rings is 2. The van der Waals surface area contributed by atoms with E-state index in [1.54, 1.807) is 0 Å². The molecule has 1 aliphatic rings. The smallest absolute Gasteiger partial charge is 0.399 e. The van der Waals surface area contributed by atoms with Crippen LogP contribution in [0.15, 0.2) is 48.5 Å². The van der Waals surface area contributed by atoms with Crippen molar-refractivity contribution < 1.29 is 14.1 Å². The zero-order valence-electron chi connectivity index (χ0n) is 17.9. The molecule has 1 heterocycles. The van der Waals surface area contributed by atoms with E-state index >= 15 is 0 Å². The van der Waals surface area contributed by atoms with E-state index in [-0.39, 0.29) is 11.3 Å². The molecule has 2 aromatic carbocycles. The summed E-state index contributed by atoms with van der Waals surface area (Å²) in [5.41, 5.74) is 2.41. The maximum Gasteiger partial charge on any atom is 0.494 e. The van der Waals surface area contributed by atoms with Crippen molar-refractivity contribution in [1.82, 2.24) is 0 Å². The van der Waals surface area contributed by atoms with Crippen LogP contribution >= 0.6 is 0 Å². The molecule has 0 aromatic heterocycles. The average Bonchev–Trinajstić information content (AvgIpc) is 2.82. The van der Waals surface area contributed by atoms with Gasteiger partial charge in [0.25, 0.3) is 5.91 Å². The van der Waals surface area contributed by atoms with Crippen molar-refractivity contribution in [3.63, 3.8) is 0 Å². The Bertz CT molecular complexity index is 867. The number of amides is 1. The fourth-order valence-corrected chi connectivity index (χ4v) is 3.28. The van der Waals surface area contributed by atoms with E-state index in [1.165, 1.54) is 0 Å². The fourth-order valence-electron chi connectivity index (χ4n) is 3.28. The Balaban J connectivity index is 1.83. The second kappa shape index (κ2) is 7.05. The second-order valence-electron chi connectivity index (χ2n) is 9.46. The molecule has 28 heavy (non-hydrogen) atoms. The van der Waals surface area contributed by atoms with Crippen molar-refractivity contribution in [1.29, 1.82) is 0 Å². The lowest BCUT2D eigenvalue weighted by atomic mass is 9.79. The number of anilines is 1. The van der Waals surface area contributed by atoms with Crippen LogP contribution in [0.3, 0.4) is 0 Å². The summed E-state index contributed by atoms with van der Waals surface area (Å²) in [6, 6.07) is 15.4. The van der Waals surface area contributed by atoms with Gasteiger partial charge in [-0.1, -0.05) is 51.1 Å². The molecule has 0 aliphatic carbocycles. The van der Waals surface area contributed by atoms with Gasteiger partial charge < -0.3 is 14.6 Å². The number of hydrogen-bond donors (Lipinski definition) is 1. The van der Waals surface area contributed by atoms with E-state index in [1.807, 2.05) is 76.2 Å². The van der Waals surface area contributed by atoms with Gasteiger partial charge in [-0.3, -0.25) is 4.79 Å². The minimum atomic E-state index is -0.455. The van der Waals surface area contributed by atoms with Gasteiger partial charge in [0, 0.05) is 11.3 Å². The molecule has 1 N–H and O–H groups in total. The maximum atomic E-state index is 12.9. The van der Waals surface area contributed by atoms with Gasteiger partial charge in [-0.25, -0.2) is 0 Å². The molecule has 4 nitrogen and oxygen atoms in total. The Morgan fingerprint density at radius 3 is 2.14 bits per heavy atom. The van der Waals surface area contributed by atoms with Crippen molar-refractivity contribution >= 4 is 24.2 Å². The van der Waals surface area contributed by atoms with Crippen molar-refractivity contribution in [2.45, 2.75) is 65.1 Å².